The first-order valence-corrected chi connectivity index (χ1v) is 14.3. The van der Waals surface area contributed by atoms with Gasteiger partial charge >= 0.3 is 5.97 Å². The van der Waals surface area contributed by atoms with Crippen LogP contribution in [0.3, 0.4) is 0 Å². The van der Waals surface area contributed by atoms with Gasteiger partial charge in [0.25, 0.3) is 5.91 Å². The summed E-state index contributed by atoms with van der Waals surface area (Å²) >= 11 is 0. The number of rotatable bonds is 13. The summed E-state index contributed by atoms with van der Waals surface area (Å²) in [5, 5.41) is 2.71. The van der Waals surface area contributed by atoms with Crippen LogP contribution >= 0.6 is 0 Å². The number of methoxy groups -OCH3 is 1. The topological polar surface area (TPSA) is 83.1 Å². The first kappa shape index (κ1) is 30.8. The van der Waals surface area contributed by atoms with Gasteiger partial charge in [0.1, 0.15) is 25.6 Å². The lowest BCUT2D eigenvalue weighted by molar-refractivity contribution is -0.143. The van der Waals surface area contributed by atoms with Crippen molar-refractivity contribution in [2.75, 3.05) is 7.11 Å². The molecule has 0 heterocycles. The van der Waals surface area contributed by atoms with Crippen LogP contribution in [0.25, 0.3) is 0 Å². The van der Waals surface area contributed by atoms with E-state index in [4.69, 9.17) is 18.9 Å². The van der Waals surface area contributed by atoms with E-state index in [0.717, 1.165) is 16.7 Å². The van der Waals surface area contributed by atoms with E-state index in [1.54, 1.807) is 12.1 Å². The average Bonchev–Trinajstić information content (AvgIpc) is 3.09. The molecule has 7 nitrogen and oxygen atoms in total. The second-order valence-corrected chi connectivity index (χ2v) is 10.1. The molecule has 0 aliphatic rings. The molecule has 1 unspecified atom stereocenters. The van der Waals surface area contributed by atoms with Crippen molar-refractivity contribution in [3.8, 4) is 17.2 Å². The molecule has 228 valence electrons. The number of nitrogens with one attached hydrogen (secondary N) is 1. The Morgan fingerprint density at radius 1 is 0.644 bits per heavy atom. The molecule has 5 aromatic carbocycles. The molecular weight excluding hydrogens is 573 g/mol. The third kappa shape index (κ3) is 8.48. The van der Waals surface area contributed by atoms with Gasteiger partial charge in [0, 0.05) is 5.56 Å². The Kier molecular flexibility index (Phi) is 10.4. The Morgan fingerprint density at radius 3 is 1.53 bits per heavy atom. The van der Waals surface area contributed by atoms with E-state index in [2.05, 4.69) is 5.32 Å². The molecule has 0 aromatic heterocycles. The van der Waals surface area contributed by atoms with Gasteiger partial charge in [-0.3, -0.25) is 4.79 Å². The van der Waals surface area contributed by atoms with Gasteiger partial charge in [0.05, 0.1) is 7.11 Å². The minimum absolute atomic E-state index is 0.157. The molecule has 5 rings (SSSR count). The van der Waals surface area contributed by atoms with Crippen molar-refractivity contribution in [2.45, 2.75) is 25.9 Å². The molecule has 0 spiro atoms. The predicted octanol–water partition coefficient (Wildman–Crippen LogP) is 7.21. The van der Waals surface area contributed by atoms with Crippen molar-refractivity contribution < 1.29 is 32.9 Å². The normalized spacial score (nSPS) is 11.2. The largest absolute Gasteiger partial charge is 0.485 e. The van der Waals surface area contributed by atoms with Gasteiger partial charge in [0.15, 0.2) is 17.5 Å². The lowest BCUT2D eigenvalue weighted by atomic mass is 10.1. The Balaban J connectivity index is 1.51. The molecule has 0 fully saturated rings. The highest BCUT2D eigenvalue weighted by Crippen LogP contribution is 2.40. The van der Waals surface area contributed by atoms with E-state index in [-0.39, 0.29) is 36.9 Å². The summed E-state index contributed by atoms with van der Waals surface area (Å²) in [5.41, 5.74) is 3.28. The summed E-state index contributed by atoms with van der Waals surface area (Å²) in [6, 6.07) is 36.0. The van der Waals surface area contributed by atoms with E-state index in [0.29, 0.717) is 11.3 Å². The fourth-order valence-corrected chi connectivity index (χ4v) is 4.53. The highest BCUT2D eigenvalue weighted by molar-refractivity contribution is 5.98. The lowest BCUT2D eigenvalue weighted by Gasteiger charge is -2.20. The van der Waals surface area contributed by atoms with Crippen LogP contribution in [0.4, 0.5) is 4.39 Å². The molecule has 0 saturated carbocycles. The van der Waals surface area contributed by atoms with Crippen LogP contribution in [0.1, 0.15) is 38.7 Å². The lowest BCUT2D eigenvalue weighted by Crippen LogP contribution is -2.34. The smallest absolute Gasteiger partial charge is 0.333 e. The van der Waals surface area contributed by atoms with Crippen LogP contribution in [0.2, 0.25) is 0 Å². The van der Waals surface area contributed by atoms with E-state index in [9.17, 15) is 14.0 Å². The zero-order valence-electron chi connectivity index (χ0n) is 24.7. The minimum Gasteiger partial charge on any atom is -0.485 e. The first-order chi connectivity index (χ1) is 22.0. The number of ether oxygens (including phenoxy) is 4. The third-order valence-corrected chi connectivity index (χ3v) is 6.90. The molecule has 1 amide bonds. The highest BCUT2D eigenvalue weighted by Gasteiger charge is 2.26. The highest BCUT2D eigenvalue weighted by atomic mass is 19.1. The molecule has 0 radical (unpaired) electrons. The summed E-state index contributed by atoms with van der Waals surface area (Å²) in [6.45, 7) is 0.628. The van der Waals surface area contributed by atoms with Crippen molar-refractivity contribution in [3.63, 3.8) is 0 Å². The molecule has 45 heavy (non-hydrogen) atoms. The van der Waals surface area contributed by atoms with Gasteiger partial charge in [-0.25, -0.2) is 9.18 Å². The molecule has 8 heteroatoms. The van der Waals surface area contributed by atoms with Gasteiger partial charge < -0.3 is 24.3 Å². The van der Waals surface area contributed by atoms with Crippen LogP contribution in [-0.4, -0.2) is 19.0 Å². The Bertz CT molecular complexity index is 1630. The van der Waals surface area contributed by atoms with Crippen molar-refractivity contribution in [2.24, 2.45) is 0 Å². The second-order valence-electron chi connectivity index (χ2n) is 10.1. The van der Waals surface area contributed by atoms with Gasteiger partial charge in [-0.1, -0.05) is 103 Å². The monoisotopic (exact) mass is 605 g/mol. The number of amides is 1. The molecule has 5 aromatic rings. The average molecular weight is 606 g/mol. The SMILES string of the molecule is COC(=O)C(NC(=O)c1cc(OCc2ccccc2)c(OCc2ccccc2)c(OCc2ccccc2)c1)c1ccc(F)cc1. The van der Waals surface area contributed by atoms with Crippen LogP contribution in [-0.2, 0) is 29.4 Å². The van der Waals surface area contributed by atoms with Crippen molar-refractivity contribution >= 4 is 11.9 Å². The van der Waals surface area contributed by atoms with E-state index < -0.39 is 23.7 Å². The van der Waals surface area contributed by atoms with Crippen LogP contribution < -0.4 is 19.5 Å². The predicted molar refractivity (Wildman–Crippen MR) is 167 cm³/mol. The van der Waals surface area contributed by atoms with Gasteiger partial charge in [-0.15, -0.1) is 0 Å². The summed E-state index contributed by atoms with van der Waals surface area (Å²) < 4.78 is 37.3. The van der Waals surface area contributed by atoms with Crippen molar-refractivity contribution in [1.29, 1.82) is 0 Å². The van der Waals surface area contributed by atoms with Gasteiger partial charge in [0.2, 0.25) is 5.75 Å². The molecule has 0 aliphatic heterocycles. The minimum atomic E-state index is -1.18. The standard InChI is InChI=1S/C37H32FNO6/c1-42-37(41)34(29-17-19-31(38)20-18-29)39-36(40)30-21-32(43-23-26-11-5-2-6-12-26)35(45-25-28-15-9-4-10-16-28)33(22-30)44-24-27-13-7-3-8-14-27/h2-22,34H,23-25H2,1H3,(H,39,40). The molecule has 0 bridgehead atoms. The summed E-state index contributed by atoms with van der Waals surface area (Å²) in [7, 11) is 1.22. The number of carbonyl (C=O) groups excluding carboxylic acids is 2. The maximum Gasteiger partial charge on any atom is 0.333 e. The molecule has 1 atom stereocenters. The zero-order valence-corrected chi connectivity index (χ0v) is 24.7. The van der Waals surface area contributed by atoms with Gasteiger partial charge in [-0.2, -0.15) is 0 Å². The van der Waals surface area contributed by atoms with E-state index in [1.165, 1.54) is 31.4 Å². The maximum atomic E-state index is 13.7. The number of hydrogen-bond acceptors (Lipinski definition) is 6. The summed E-state index contributed by atoms with van der Waals surface area (Å²) in [4.78, 5) is 26.4. The van der Waals surface area contributed by atoms with E-state index in [1.807, 2.05) is 91.0 Å². The molecule has 0 saturated heterocycles. The van der Waals surface area contributed by atoms with Crippen molar-refractivity contribution in [3.05, 3.63) is 161 Å². The fourth-order valence-electron chi connectivity index (χ4n) is 4.53. The molecule has 0 aliphatic carbocycles. The summed E-state index contributed by atoms with van der Waals surface area (Å²) in [6.07, 6.45) is 0. The number of carbonyl (C=O) groups is 2. The first-order valence-electron chi connectivity index (χ1n) is 14.3. The second kappa shape index (κ2) is 15.2. The number of hydrogen-bond donors (Lipinski definition) is 1. The summed E-state index contributed by atoms with van der Waals surface area (Å²) in [5.74, 6) is -0.897. The Hall–Kier alpha value is -5.63. The number of halogens is 1. The number of esters is 1. The van der Waals surface area contributed by atoms with Crippen LogP contribution in [0.15, 0.2) is 127 Å². The molecular formula is C37H32FNO6. The Morgan fingerprint density at radius 2 is 1.09 bits per heavy atom. The zero-order chi connectivity index (χ0) is 31.4. The van der Waals surface area contributed by atoms with E-state index >= 15 is 0 Å². The third-order valence-electron chi connectivity index (χ3n) is 6.90. The Labute approximate surface area is 261 Å². The quantitative estimate of drug-likeness (QED) is 0.143. The maximum absolute atomic E-state index is 13.7. The van der Waals surface area contributed by atoms with Gasteiger partial charge in [-0.05, 0) is 46.5 Å². The van der Waals surface area contributed by atoms with Crippen molar-refractivity contribution in [1.82, 2.24) is 5.32 Å². The molecule has 1 N–H and O–H groups in total. The van der Waals surface area contributed by atoms with Crippen LogP contribution in [0, 0.1) is 5.82 Å². The van der Waals surface area contributed by atoms with Crippen LogP contribution in [0.5, 0.6) is 17.2 Å². The fraction of sp³-hybridized carbons (Fsp3) is 0.135. The number of benzene rings is 5.